The van der Waals surface area contributed by atoms with E-state index in [0.717, 1.165) is 5.56 Å². The summed E-state index contributed by atoms with van der Waals surface area (Å²) in [6.07, 6.45) is 0. The van der Waals surface area contributed by atoms with Gasteiger partial charge in [-0.1, -0.05) is 18.2 Å². The fourth-order valence-electron chi connectivity index (χ4n) is 4.03. The van der Waals surface area contributed by atoms with E-state index >= 15 is 0 Å². The van der Waals surface area contributed by atoms with E-state index in [9.17, 15) is 10.1 Å². The zero-order chi connectivity index (χ0) is 25.8. The molecule has 9 heteroatoms. The average Bonchev–Trinajstić information content (AvgIpc) is 2.91. The van der Waals surface area contributed by atoms with Crippen LogP contribution in [-0.2, 0) is 0 Å². The summed E-state index contributed by atoms with van der Waals surface area (Å²) in [5.41, 5.74) is 8.07. The Morgan fingerprint density at radius 2 is 1.64 bits per heavy atom. The second-order valence-electron chi connectivity index (χ2n) is 7.70. The highest BCUT2D eigenvalue weighted by molar-refractivity contribution is 5.92. The number of nitrogens with two attached hydrogens (primary N) is 1. The quantitative estimate of drug-likeness (QED) is 0.386. The molecule has 2 N–H and O–H groups in total. The molecule has 3 aromatic carbocycles. The number of fused-ring (bicyclic) bond motifs is 1. The molecule has 1 aliphatic rings. The normalized spacial score (nSPS) is 14.1. The molecule has 0 amide bonds. The van der Waals surface area contributed by atoms with Crippen LogP contribution in [0, 0.1) is 11.3 Å². The Labute approximate surface area is 208 Å². The van der Waals surface area contributed by atoms with Gasteiger partial charge in [-0.3, -0.25) is 0 Å². The predicted octanol–water partition coefficient (Wildman–Crippen LogP) is 4.16. The minimum Gasteiger partial charge on any atom is -0.497 e. The van der Waals surface area contributed by atoms with Crippen LogP contribution in [0.2, 0.25) is 0 Å². The summed E-state index contributed by atoms with van der Waals surface area (Å²) in [5.74, 6) is 1.10. The number of hydrogen-bond donors (Lipinski definition) is 1. The largest absolute Gasteiger partial charge is 0.497 e. The Balaban J connectivity index is 1.68. The van der Waals surface area contributed by atoms with Gasteiger partial charge in [-0.25, -0.2) is 4.79 Å². The van der Waals surface area contributed by atoms with Crippen LogP contribution in [0.15, 0.2) is 66.1 Å². The van der Waals surface area contributed by atoms with Gasteiger partial charge in [0.15, 0.2) is 11.5 Å². The van der Waals surface area contributed by atoms with Crippen LogP contribution in [0.3, 0.4) is 0 Å². The van der Waals surface area contributed by atoms with Gasteiger partial charge in [-0.15, -0.1) is 0 Å². The van der Waals surface area contributed by atoms with Crippen LogP contribution in [0.1, 0.15) is 27.4 Å². The molecule has 36 heavy (non-hydrogen) atoms. The molecule has 0 aliphatic carbocycles. The number of hydrogen-bond acceptors (Lipinski definition) is 9. The van der Waals surface area contributed by atoms with Crippen molar-refractivity contribution in [3.05, 3.63) is 82.7 Å². The van der Waals surface area contributed by atoms with E-state index in [2.05, 4.69) is 6.07 Å². The number of benzene rings is 3. The highest BCUT2D eigenvalue weighted by Crippen LogP contribution is 2.44. The van der Waals surface area contributed by atoms with Crippen LogP contribution in [-0.4, -0.2) is 34.4 Å². The summed E-state index contributed by atoms with van der Waals surface area (Å²) in [4.78, 5) is 12.9. The summed E-state index contributed by atoms with van der Waals surface area (Å²) >= 11 is 0. The SMILES string of the molecule is COc1cccc(C2C(C#N)=C(N)Oc3cc(OC(=O)c4cc(OC)c(OC)c(OC)c4)ccc32)c1. The lowest BCUT2D eigenvalue weighted by molar-refractivity contribution is 0.0733. The molecule has 1 aliphatic heterocycles. The molecule has 0 fully saturated rings. The number of methoxy groups -OCH3 is 4. The summed E-state index contributed by atoms with van der Waals surface area (Å²) in [6, 6.07) is 17.4. The van der Waals surface area contributed by atoms with E-state index < -0.39 is 11.9 Å². The molecule has 1 heterocycles. The third-order valence-corrected chi connectivity index (χ3v) is 5.73. The van der Waals surface area contributed by atoms with Gasteiger partial charge in [0, 0.05) is 11.6 Å². The molecule has 0 saturated carbocycles. The molecule has 1 unspecified atom stereocenters. The first kappa shape index (κ1) is 24.3. The van der Waals surface area contributed by atoms with Crippen LogP contribution < -0.4 is 34.2 Å². The van der Waals surface area contributed by atoms with E-state index in [-0.39, 0.29) is 22.8 Å². The van der Waals surface area contributed by atoms with Gasteiger partial charge in [0.1, 0.15) is 28.9 Å². The van der Waals surface area contributed by atoms with Crippen LogP contribution in [0.5, 0.6) is 34.5 Å². The summed E-state index contributed by atoms with van der Waals surface area (Å²) in [7, 11) is 5.96. The van der Waals surface area contributed by atoms with E-state index in [1.54, 1.807) is 25.3 Å². The second kappa shape index (κ2) is 10.2. The fourth-order valence-corrected chi connectivity index (χ4v) is 4.03. The first-order valence-corrected chi connectivity index (χ1v) is 10.8. The molecule has 184 valence electrons. The number of nitriles is 1. The minimum absolute atomic E-state index is 0.0223. The lowest BCUT2D eigenvalue weighted by Gasteiger charge is -2.27. The molecule has 0 bridgehead atoms. The van der Waals surface area contributed by atoms with Crippen molar-refractivity contribution in [1.29, 1.82) is 5.26 Å². The molecule has 0 aromatic heterocycles. The van der Waals surface area contributed by atoms with Crippen molar-refractivity contribution >= 4 is 5.97 Å². The van der Waals surface area contributed by atoms with Crippen molar-refractivity contribution in [1.82, 2.24) is 0 Å². The first-order valence-electron chi connectivity index (χ1n) is 10.8. The Kier molecular flexibility index (Phi) is 6.88. The van der Waals surface area contributed by atoms with Crippen molar-refractivity contribution in [2.24, 2.45) is 5.73 Å². The number of ether oxygens (including phenoxy) is 6. The van der Waals surface area contributed by atoms with Gasteiger partial charge in [0.2, 0.25) is 11.6 Å². The zero-order valence-corrected chi connectivity index (χ0v) is 20.2. The van der Waals surface area contributed by atoms with Gasteiger partial charge >= 0.3 is 5.97 Å². The fraction of sp³-hybridized carbons (Fsp3) is 0.185. The number of esters is 1. The molecule has 0 saturated heterocycles. The Bertz CT molecular complexity index is 1370. The maximum absolute atomic E-state index is 12.9. The van der Waals surface area contributed by atoms with Crippen LogP contribution in [0.25, 0.3) is 0 Å². The van der Waals surface area contributed by atoms with Crippen molar-refractivity contribution in [3.63, 3.8) is 0 Å². The maximum atomic E-state index is 12.9. The number of nitrogens with zero attached hydrogens (tertiary/aromatic N) is 1. The number of carbonyl (C=O) groups excluding carboxylic acids is 1. The topological polar surface area (TPSA) is 122 Å². The number of rotatable bonds is 7. The lowest BCUT2D eigenvalue weighted by atomic mass is 9.83. The second-order valence-corrected chi connectivity index (χ2v) is 7.70. The Hall–Kier alpha value is -4.84. The van der Waals surface area contributed by atoms with Crippen molar-refractivity contribution in [2.75, 3.05) is 28.4 Å². The average molecular weight is 488 g/mol. The zero-order valence-electron chi connectivity index (χ0n) is 20.2. The van der Waals surface area contributed by atoms with E-state index in [1.165, 1.54) is 33.5 Å². The van der Waals surface area contributed by atoms with E-state index in [0.29, 0.717) is 34.3 Å². The van der Waals surface area contributed by atoms with Gasteiger partial charge in [0.05, 0.1) is 39.9 Å². The highest BCUT2D eigenvalue weighted by Gasteiger charge is 2.31. The first-order chi connectivity index (χ1) is 17.4. The predicted molar refractivity (Wildman–Crippen MR) is 130 cm³/mol. The smallest absolute Gasteiger partial charge is 0.343 e. The van der Waals surface area contributed by atoms with Gasteiger partial charge in [0.25, 0.3) is 0 Å². The van der Waals surface area contributed by atoms with Crippen molar-refractivity contribution < 1.29 is 33.2 Å². The Morgan fingerprint density at radius 3 is 2.25 bits per heavy atom. The molecule has 4 rings (SSSR count). The minimum atomic E-state index is -0.643. The van der Waals surface area contributed by atoms with Crippen LogP contribution >= 0.6 is 0 Å². The summed E-state index contributed by atoms with van der Waals surface area (Å²) in [6.45, 7) is 0. The number of carbonyl (C=O) groups is 1. The highest BCUT2D eigenvalue weighted by atomic mass is 16.5. The van der Waals surface area contributed by atoms with Crippen LogP contribution in [0.4, 0.5) is 0 Å². The molecular formula is C27H24N2O7. The molecule has 0 radical (unpaired) electrons. The Morgan fingerprint density at radius 1 is 0.917 bits per heavy atom. The number of allylic oxidation sites excluding steroid dienone is 1. The standard InChI is InChI=1S/C27H24N2O7/c1-31-17-7-5-6-15(10-17)24-19-9-8-18(13-21(19)36-26(29)20(24)14-28)35-27(30)16-11-22(32-2)25(34-4)23(12-16)33-3/h5-13,24H,29H2,1-4H3. The maximum Gasteiger partial charge on any atom is 0.343 e. The van der Waals surface area contributed by atoms with E-state index in [1.807, 2.05) is 24.3 Å². The molecule has 0 spiro atoms. The monoisotopic (exact) mass is 488 g/mol. The third kappa shape index (κ3) is 4.44. The molecule has 3 aromatic rings. The lowest BCUT2D eigenvalue weighted by Crippen LogP contribution is -2.21. The van der Waals surface area contributed by atoms with Crippen molar-refractivity contribution in [3.8, 4) is 40.6 Å². The molecular weight excluding hydrogens is 464 g/mol. The van der Waals surface area contributed by atoms with Gasteiger partial charge < -0.3 is 34.2 Å². The third-order valence-electron chi connectivity index (χ3n) is 5.73. The van der Waals surface area contributed by atoms with Gasteiger partial charge in [-0.05, 0) is 35.9 Å². The molecule has 1 atom stereocenters. The van der Waals surface area contributed by atoms with Gasteiger partial charge in [-0.2, -0.15) is 5.26 Å². The summed E-state index contributed by atoms with van der Waals surface area (Å²) in [5, 5.41) is 9.77. The van der Waals surface area contributed by atoms with Crippen molar-refractivity contribution in [2.45, 2.75) is 5.92 Å². The summed E-state index contributed by atoms with van der Waals surface area (Å²) < 4.78 is 32.6. The molecule has 9 nitrogen and oxygen atoms in total. The van der Waals surface area contributed by atoms with E-state index in [4.69, 9.17) is 34.2 Å².